The molecule has 3 aromatic rings. The number of benzene rings is 1. The van der Waals surface area contributed by atoms with Gasteiger partial charge in [0.2, 0.25) is 11.8 Å². The fourth-order valence-corrected chi connectivity index (χ4v) is 4.22. The van der Waals surface area contributed by atoms with Gasteiger partial charge < -0.3 is 15.0 Å². The van der Waals surface area contributed by atoms with Crippen LogP contribution in [-0.4, -0.2) is 52.5 Å². The summed E-state index contributed by atoms with van der Waals surface area (Å²) < 4.78 is 43.6. The molecule has 2 aliphatic heterocycles. The molecule has 2 aromatic heterocycles. The number of hydrogen-bond acceptors (Lipinski definition) is 6. The topological polar surface area (TPSA) is 96.5 Å². The van der Waals surface area contributed by atoms with Crippen LogP contribution in [-0.2, 0) is 11.0 Å². The highest BCUT2D eigenvalue weighted by molar-refractivity contribution is 5.95. The summed E-state index contributed by atoms with van der Waals surface area (Å²) in [6, 6.07) is 10.4. The maximum Gasteiger partial charge on any atom is 0.417 e. The maximum absolute atomic E-state index is 13.0. The van der Waals surface area contributed by atoms with Gasteiger partial charge in [-0.1, -0.05) is 6.07 Å². The number of piperidine rings is 1. The van der Waals surface area contributed by atoms with Gasteiger partial charge in [0.05, 0.1) is 23.7 Å². The molecule has 34 heavy (non-hydrogen) atoms. The van der Waals surface area contributed by atoms with Crippen molar-refractivity contribution in [3.63, 3.8) is 0 Å². The normalized spacial score (nSPS) is 20.6. The van der Waals surface area contributed by atoms with Gasteiger partial charge in [-0.3, -0.25) is 14.9 Å². The van der Waals surface area contributed by atoms with Crippen LogP contribution in [0.4, 0.5) is 13.2 Å². The minimum atomic E-state index is -4.47. The van der Waals surface area contributed by atoms with Crippen LogP contribution >= 0.6 is 0 Å². The molecular weight excluding hydrogens is 451 g/mol. The molecule has 0 radical (unpaired) electrons. The molecule has 2 aliphatic rings. The second-order valence-electron chi connectivity index (χ2n) is 8.21. The number of carbonyl (C=O) groups excluding carboxylic acids is 2. The third-order valence-electron chi connectivity index (χ3n) is 6.03. The molecule has 2 fully saturated rings. The minimum Gasteiger partial charge on any atom is -0.439 e. The predicted octanol–water partition coefficient (Wildman–Crippen LogP) is 2.95. The summed E-state index contributed by atoms with van der Waals surface area (Å²) in [7, 11) is 0. The van der Waals surface area contributed by atoms with Crippen molar-refractivity contribution in [1.82, 2.24) is 25.5 Å². The Bertz CT molecular complexity index is 1250. The van der Waals surface area contributed by atoms with E-state index in [1.54, 1.807) is 35.2 Å². The second kappa shape index (κ2) is 8.56. The van der Waals surface area contributed by atoms with Crippen molar-refractivity contribution in [2.75, 3.05) is 19.8 Å². The molecule has 11 heteroatoms. The van der Waals surface area contributed by atoms with Crippen LogP contribution in [0.1, 0.15) is 22.5 Å². The summed E-state index contributed by atoms with van der Waals surface area (Å²) >= 11 is 0. The van der Waals surface area contributed by atoms with Crippen LogP contribution in [0.2, 0.25) is 0 Å². The molecule has 0 saturated carbocycles. The second-order valence-corrected chi connectivity index (χ2v) is 8.21. The number of nitrogens with one attached hydrogen (secondary N) is 2. The summed E-state index contributed by atoms with van der Waals surface area (Å²) in [5.41, 5.74) is -0.0249. The van der Waals surface area contributed by atoms with Gasteiger partial charge in [-0.05, 0) is 36.8 Å². The Balaban J connectivity index is 1.30. The van der Waals surface area contributed by atoms with Gasteiger partial charge in [0, 0.05) is 36.8 Å². The van der Waals surface area contributed by atoms with E-state index in [4.69, 9.17) is 4.74 Å². The number of nitrogens with zero attached hydrogens (tertiary/aromatic N) is 3. The highest BCUT2D eigenvalue weighted by Crippen LogP contribution is 2.30. The summed E-state index contributed by atoms with van der Waals surface area (Å²) in [4.78, 5) is 35.0. The molecule has 2 unspecified atom stereocenters. The van der Waals surface area contributed by atoms with Crippen molar-refractivity contribution in [3.8, 4) is 11.6 Å². The molecule has 4 heterocycles. The van der Waals surface area contributed by atoms with Crippen LogP contribution in [0.25, 0.3) is 10.9 Å². The molecule has 0 bridgehead atoms. The van der Waals surface area contributed by atoms with E-state index in [2.05, 4.69) is 20.6 Å². The number of rotatable bonds is 3. The van der Waals surface area contributed by atoms with Gasteiger partial charge in [-0.15, -0.1) is 0 Å². The standard InChI is InChI=1S/C23H20F3N5O3/c24-23(25,26)14-2-6-20(27-10-14)34-15-3-5-17-13(9-15)1-4-19(30-17)22(33)31-8-7-18-16(11-31)21(32)29-12-28-18/h1-6,9-10,16,18,28H,7-8,11-12H2,(H,29,32). The van der Waals surface area contributed by atoms with Gasteiger partial charge in [-0.25, -0.2) is 9.97 Å². The maximum atomic E-state index is 13.0. The van der Waals surface area contributed by atoms with E-state index in [0.717, 1.165) is 12.1 Å². The van der Waals surface area contributed by atoms with Gasteiger partial charge in [-0.2, -0.15) is 13.2 Å². The average molecular weight is 471 g/mol. The number of hydrogen-bond donors (Lipinski definition) is 2. The van der Waals surface area contributed by atoms with Gasteiger partial charge >= 0.3 is 6.18 Å². The fraction of sp³-hybridized carbons (Fsp3) is 0.304. The molecule has 2 N–H and O–H groups in total. The number of halogens is 3. The Hall–Kier alpha value is -3.73. The summed E-state index contributed by atoms with van der Waals surface area (Å²) in [5.74, 6) is -0.184. The number of carbonyl (C=O) groups is 2. The molecule has 2 atom stereocenters. The highest BCUT2D eigenvalue weighted by Gasteiger charge is 2.38. The van der Waals surface area contributed by atoms with Crippen LogP contribution in [0.15, 0.2) is 48.7 Å². The molecule has 2 amide bonds. The Kier molecular flexibility index (Phi) is 5.56. The van der Waals surface area contributed by atoms with Crippen LogP contribution in [0.3, 0.4) is 0 Å². The lowest BCUT2D eigenvalue weighted by Crippen LogP contribution is -2.62. The minimum absolute atomic E-state index is 0.0248. The third-order valence-corrected chi connectivity index (χ3v) is 6.03. The number of pyridine rings is 2. The van der Waals surface area contributed by atoms with Gasteiger partial charge in [0.1, 0.15) is 11.4 Å². The first-order valence-corrected chi connectivity index (χ1v) is 10.7. The Morgan fingerprint density at radius 1 is 1.15 bits per heavy atom. The van der Waals surface area contributed by atoms with Crippen molar-refractivity contribution in [3.05, 3.63) is 59.9 Å². The fourth-order valence-electron chi connectivity index (χ4n) is 4.22. The largest absolute Gasteiger partial charge is 0.439 e. The van der Waals surface area contributed by atoms with Crippen LogP contribution in [0.5, 0.6) is 11.6 Å². The smallest absolute Gasteiger partial charge is 0.417 e. The first-order valence-electron chi connectivity index (χ1n) is 10.7. The molecule has 0 spiro atoms. The molecule has 176 valence electrons. The third kappa shape index (κ3) is 4.38. The zero-order valence-corrected chi connectivity index (χ0v) is 17.8. The molecule has 5 rings (SSSR count). The van der Waals surface area contributed by atoms with E-state index in [9.17, 15) is 22.8 Å². The van der Waals surface area contributed by atoms with Crippen molar-refractivity contribution >= 4 is 22.7 Å². The van der Waals surface area contributed by atoms with Crippen molar-refractivity contribution in [1.29, 1.82) is 0 Å². The Labute approximate surface area is 192 Å². The van der Waals surface area contributed by atoms with Gasteiger partial charge in [0.25, 0.3) is 5.91 Å². The molecule has 2 saturated heterocycles. The highest BCUT2D eigenvalue weighted by atomic mass is 19.4. The van der Waals surface area contributed by atoms with Crippen LogP contribution < -0.4 is 15.4 Å². The SMILES string of the molecule is O=C1NCNC2CCN(C(=O)c3ccc4cc(Oc5ccc(C(F)(F)F)cn5)ccc4n3)CC12. The van der Waals surface area contributed by atoms with E-state index < -0.39 is 11.7 Å². The van der Waals surface area contributed by atoms with Crippen molar-refractivity contribution in [2.45, 2.75) is 18.6 Å². The lowest BCUT2D eigenvalue weighted by atomic mass is 9.90. The van der Waals surface area contributed by atoms with E-state index in [1.165, 1.54) is 0 Å². The van der Waals surface area contributed by atoms with E-state index in [-0.39, 0.29) is 35.3 Å². The molecule has 1 aromatic carbocycles. The van der Waals surface area contributed by atoms with Crippen molar-refractivity contribution < 1.29 is 27.5 Å². The number of ether oxygens (including phenoxy) is 1. The zero-order chi connectivity index (χ0) is 23.9. The predicted molar refractivity (Wildman–Crippen MR) is 115 cm³/mol. The lowest BCUT2D eigenvalue weighted by molar-refractivity contribution is -0.137. The number of amides is 2. The van der Waals surface area contributed by atoms with E-state index in [0.29, 0.717) is 49.0 Å². The number of alkyl halides is 3. The number of likely N-dealkylation sites (tertiary alicyclic amines) is 1. The Morgan fingerprint density at radius 2 is 2.00 bits per heavy atom. The number of aromatic nitrogens is 2. The monoisotopic (exact) mass is 471 g/mol. The molecular formula is C23H20F3N5O3. The summed E-state index contributed by atoms with van der Waals surface area (Å²) in [6.45, 7) is 1.31. The molecule has 8 nitrogen and oxygen atoms in total. The first-order chi connectivity index (χ1) is 16.3. The number of fused-ring (bicyclic) bond motifs is 2. The zero-order valence-electron chi connectivity index (χ0n) is 17.8. The van der Waals surface area contributed by atoms with E-state index in [1.807, 2.05) is 0 Å². The lowest BCUT2D eigenvalue weighted by Gasteiger charge is -2.40. The Morgan fingerprint density at radius 3 is 2.76 bits per heavy atom. The van der Waals surface area contributed by atoms with Gasteiger partial charge in [0.15, 0.2) is 0 Å². The molecule has 0 aliphatic carbocycles. The van der Waals surface area contributed by atoms with E-state index >= 15 is 0 Å². The quantitative estimate of drug-likeness (QED) is 0.610. The first kappa shape index (κ1) is 22.1. The summed E-state index contributed by atoms with van der Waals surface area (Å²) in [6.07, 6.45) is -3.06. The van der Waals surface area contributed by atoms with Crippen LogP contribution in [0, 0.1) is 5.92 Å². The average Bonchev–Trinajstić information content (AvgIpc) is 2.83. The van der Waals surface area contributed by atoms with Crippen molar-refractivity contribution in [2.24, 2.45) is 5.92 Å². The summed E-state index contributed by atoms with van der Waals surface area (Å²) in [5, 5.41) is 6.71.